The van der Waals surface area contributed by atoms with Crippen molar-refractivity contribution in [2.24, 2.45) is 0 Å². The molecule has 2 rings (SSSR count). The Hall–Kier alpha value is -2.23. The van der Waals surface area contributed by atoms with Crippen LogP contribution in [0.5, 0.6) is 0 Å². The minimum atomic E-state index is -0.668. The number of halogens is 2. The summed E-state index contributed by atoms with van der Waals surface area (Å²) in [5.74, 6) is -1.47. The zero-order valence-corrected chi connectivity index (χ0v) is 10.2. The van der Waals surface area contributed by atoms with Gasteiger partial charge in [-0.2, -0.15) is 0 Å². The molecule has 0 aromatic heterocycles. The molecule has 0 aliphatic rings. The predicted molar refractivity (Wildman–Crippen MR) is 70.0 cm³/mol. The Morgan fingerprint density at radius 1 is 1.00 bits per heavy atom. The molecule has 0 heterocycles. The molecule has 0 saturated heterocycles. The number of carbonyl (C=O) groups is 1. The maximum absolute atomic E-state index is 13.0. The van der Waals surface area contributed by atoms with Crippen molar-refractivity contribution >= 4 is 11.5 Å². The standard InChI is InChI=1S/C15H13F2NO/c16-12-6-11(7-13(17)9-12)8-15(19)10-18-14-4-2-1-3-5-14/h1-7,9,18H,8,10H2. The fourth-order valence-corrected chi connectivity index (χ4v) is 1.76. The average Bonchev–Trinajstić information content (AvgIpc) is 2.36. The van der Waals surface area contributed by atoms with Crippen LogP contribution in [0.4, 0.5) is 14.5 Å². The van der Waals surface area contributed by atoms with Gasteiger partial charge in [-0.15, -0.1) is 0 Å². The third-order valence-electron chi connectivity index (χ3n) is 2.59. The first kappa shape index (κ1) is 13.2. The second-order valence-electron chi connectivity index (χ2n) is 4.21. The number of nitrogens with one attached hydrogen (secondary N) is 1. The summed E-state index contributed by atoms with van der Waals surface area (Å²) >= 11 is 0. The second-order valence-corrected chi connectivity index (χ2v) is 4.21. The van der Waals surface area contributed by atoms with Crippen LogP contribution in [0.1, 0.15) is 5.56 Å². The zero-order chi connectivity index (χ0) is 13.7. The Morgan fingerprint density at radius 2 is 1.63 bits per heavy atom. The lowest BCUT2D eigenvalue weighted by atomic mass is 10.1. The van der Waals surface area contributed by atoms with E-state index in [9.17, 15) is 13.6 Å². The molecule has 98 valence electrons. The molecule has 1 N–H and O–H groups in total. The average molecular weight is 261 g/mol. The Morgan fingerprint density at radius 3 is 2.26 bits per heavy atom. The Labute approximate surface area is 110 Å². The molecular formula is C15H13F2NO. The van der Waals surface area contributed by atoms with Crippen molar-refractivity contribution in [3.05, 3.63) is 65.7 Å². The fourth-order valence-electron chi connectivity index (χ4n) is 1.76. The molecule has 0 atom stereocenters. The van der Waals surface area contributed by atoms with Crippen LogP contribution < -0.4 is 5.32 Å². The lowest BCUT2D eigenvalue weighted by molar-refractivity contribution is -0.116. The molecule has 4 heteroatoms. The first-order valence-corrected chi connectivity index (χ1v) is 5.89. The van der Waals surface area contributed by atoms with E-state index in [4.69, 9.17) is 0 Å². The normalized spacial score (nSPS) is 10.2. The monoisotopic (exact) mass is 261 g/mol. The molecule has 2 aromatic rings. The number of ketones is 1. The molecule has 0 bridgehead atoms. The third kappa shape index (κ3) is 4.17. The topological polar surface area (TPSA) is 29.1 Å². The van der Waals surface area contributed by atoms with E-state index < -0.39 is 11.6 Å². The second kappa shape index (κ2) is 6.09. The van der Waals surface area contributed by atoms with E-state index in [1.54, 1.807) is 0 Å². The number of Topliss-reactive ketones (excluding diaryl/α,β-unsaturated/α-hetero) is 1. The number of rotatable bonds is 5. The highest BCUT2D eigenvalue weighted by molar-refractivity contribution is 5.84. The summed E-state index contributed by atoms with van der Waals surface area (Å²) in [6, 6.07) is 12.4. The van der Waals surface area contributed by atoms with Crippen LogP contribution in [0.3, 0.4) is 0 Å². The van der Waals surface area contributed by atoms with Gasteiger partial charge < -0.3 is 5.32 Å². The number of carbonyl (C=O) groups excluding carboxylic acids is 1. The number of hydrogen-bond donors (Lipinski definition) is 1. The molecule has 0 saturated carbocycles. The van der Waals surface area contributed by atoms with E-state index in [1.165, 1.54) is 12.1 Å². The Balaban J connectivity index is 1.91. The van der Waals surface area contributed by atoms with Gasteiger partial charge >= 0.3 is 0 Å². The highest BCUT2D eigenvalue weighted by Crippen LogP contribution is 2.09. The first-order chi connectivity index (χ1) is 9.13. The van der Waals surface area contributed by atoms with Gasteiger partial charge in [0.2, 0.25) is 0 Å². The predicted octanol–water partition coefficient (Wildman–Crippen LogP) is 3.19. The molecule has 19 heavy (non-hydrogen) atoms. The first-order valence-electron chi connectivity index (χ1n) is 5.89. The highest BCUT2D eigenvalue weighted by Gasteiger charge is 2.06. The van der Waals surface area contributed by atoms with Gasteiger partial charge in [-0.05, 0) is 29.8 Å². The van der Waals surface area contributed by atoms with Crippen LogP contribution in [-0.2, 0) is 11.2 Å². The molecule has 0 amide bonds. The van der Waals surface area contributed by atoms with Crippen molar-refractivity contribution in [1.82, 2.24) is 0 Å². The van der Waals surface area contributed by atoms with Crippen molar-refractivity contribution in [3.63, 3.8) is 0 Å². The maximum Gasteiger partial charge on any atom is 0.156 e. The van der Waals surface area contributed by atoms with E-state index in [1.807, 2.05) is 30.3 Å². The van der Waals surface area contributed by atoms with Gasteiger partial charge in [0.1, 0.15) is 11.6 Å². The summed E-state index contributed by atoms with van der Waals surface area (Å²) in [5.41, 5.74) is 1.18. The van der Waals surface area contributed by atoms with Gasteiger partial charge in [0.05, 0.1) is 6.54 Å². The smallest absolute Gasteiger partial charge is 0.156 e. The summed E-state index contributed by atoms with van der Waals surface area (Å²) in [7, 11) is 0. The van der Waals surface area contributed by atoms with Crippen LogP contribution in [-0.4, -0.2) is 12.3 Å². The number of para-hydroxylation sites is 1. The third-order valence-corrected chi connectivity index (χ3v) is 2.59. The summed E-state index contributed by atoms with van der Waals surface area (Å²) in [6.07, 6.45) is 0.00845. The quantitative estimate of drug-likeness (QED) is 0.895. The summed E-state index contributed by atoms with van der Waals surface area (Å²) < 4.78 is 25.9. The van der Waals surface area contributed by atoms with Gasteiger partial charge in [-0.1, -0.05) is 18.2 Å². The van der Waals surface area contributed by atoms with E-state index in [0.717, 1.165) is 11.8 Å². The SMILES string of the molecule is O=C(CNc1ccccc1)Cc1cc(F)cc(F)c1. The van der Waals surface area contributed by atoms with E-state index in [0.29, 0.717) is 5.56 Å². The van der Waals surface area contributed by atoms with Crippen LogP contribution in [0.2, 0.25) is 0 Å². The van der Waals surface area contributed by atoms with Crippen LogP contribution >= 0.6 is 0 Å². The largest absolute Gasteiger partial charge is 0.378 e. The van der Waals surface area contributed by atoms with E-state index in [-0.39, 0.29) is 18.7 Å². The molecule has 2 aromatic carbocycles. The van der Waals surface area contributed by atoms with Gasteiger partial charge in [0.25, 0.3) is 0 Å². The number of anilines is 1. The van der Waals surface area contributed by atoms with Gasteiger partial charge in [0.15, 0.2) is 5.78 Å². The molecule has 0 radical (unpaired) electrons. The lowest BCUT2D eigenvalue weighted by Crippen LogP contribution is -2.16. The number of hydrogen-bond acceptors (Lipinski definition) is 2. The zero-order valence-electron chi connectivity index (χ0n) is 10.2. The van der Waals surface area contributed by atoms with Crippen molar-refractivity contribution in [2.75, 3.05) is 11.9 Å². The molecule has 0 fully saturated rings. The van der Waals surface area contributed by atoms with Crippen molar-refractivity contribution < 1.29 is 13.6 Å². The molecule has 0 aliphatic carbocycles. The van der Waals surface area contributed by atoms with Crippen molar-refractivity contribution in [1.29, 1.82) is 0 Å². The van der Waals surface area contributed by atoms with Crippen molar-refractivity contribution in [3.8, 4) is 0 Å². The highest BCUT2D eigenvalue weighted by atomic mass is 19.1. The van der Waals surface area contributed by atoms with Crippen LogP contribution in [0.25, 0.3) is 0 Å². The maximum atomic E-state index is 13.0. The molecule has 0 spiro atoms. The van der Waals surface area contributed by atoms with Crippen molar-refractivity contribution in [2.45, 2.75) is 6.42 Å². The fraction of sp³-hybridized carbons (Fsp3) is 0.133. The van der Waals surface area contributed by atoms with Gasteiger partial charge in [-0.25, -0.2) is 8.78 Å². The van der Waals surface area contributed by atoms with E-state index >= 15 is 0 Å². The summed E-state index contributed by atoms with van der Waals surface area (Å²) in [4.78, 5) is 11.7. The lowest BCUT2D eigenvalue weighted by Gasteiger charge is -2.06. The van der Waals surface area contributed by atoms with Crippen LogP contribution in [0, 0.1) is 11.6 Å². The van der Waals surface area contributed by atoms with Gasteiger partial charge in [0, 0.05) is 18.2 Å². The summed E-state index contributed by atoms with van der Waals surface area (Å²) in [6.45, 7) is 0.127. The molecular weight excluding hydrogens is 248 g/mol. The van der Waals surface area contributed by atoms with Crippen LogP contribution in [0.15, 0.2) is 48.5 Å². The van der Waals surface area contributed by atoms with Gasteiger partial charge in [-0.3, -0.25) is 4.79 Å². The number of benzene rings is 2. The van der Waals surface area contributed by atoms with E-state index in [2.05, 4.69) is 5.32 Å². The summed E-state index contributed by atoms with van der Waals surface area (Å²) in [5, 5.41) is 2.96. The Bertz CT molecular complexity index is 549. The molecule has 0 unspecified atom stereocenters. The molecule has 2 nitrogen and oxygen atoms in total. The minimum Gasteiger partial charge on any atom is -0.378 e. The Kier molecular flexibility index (Phi) is 4.23. The minimum absolute atomic E-state index is 0.00845. The molecule has 0 aliphatic heterocycles.